The number of cyclic esters (lactones) is 1. The normalized spacial score (nSPS) is 25.6. The second kappa shape index (κ2) is 16.5. The smallest absolute Gasteiger partial charge is 0.407 e. The molecule has 57 heavy (non-hydrogen) atoms. The molecule has 2 aliphatic carbocycles. The van der Waals surface area contributed by atoms with E-state index < -0.39 is 73.7 Å². The Balaban J connectivity index is 1.19. The molecule has 2 saturated carbocycles. The molecule has 1 aromatic heterocycles. The fourth-order valence-electron chi connectivity index (χ4n) is 6.98. The molecule has 5 atom stereocenters. The van der Waals surface area contributed by atoms with Gasteiger partial charge in [-0.2, -0.15) is 0 Å². The molecule has 4 aliphatic rings. The molecule has 0 radical (unpaired) electrons. The van der Waals surface area contributed by atoms with Crippen molar-refractivity contribution in [1.82, 2.24) is 30.0 Å². The van der Waals surface area contributed by atoms with E-state index in [0.29, 0.717) is 31.1 Å². The third kappa shape index (κ3) is 8.89. The maximum absolute atomic E-state index is 14.6. The molecular weight excluding hydrogens is 779 g/mol. The van der Waals surface area contributed by atoms with E-state index in [1.165, 1.54) is 29.2 Å². The number of nitro groups is 1. The molecule has 3 fully saturated rings. The van der Waals surface area contributed by atoms with E-state index in [9.17, 15) is 37.7 Å². The third-order valence-electron chi connectivity index (χ3n) is 10.3. The number of hydrogen-bond acceptors (Lipinski definition) is 13. The van der Waals surface area contributed by atoms with Gasteiger partial charge in [-0.3, -0.25) is 33.9 Å². The van der Waals surface area contributed by atoms with Gasteiger partial charge in [0, 0.05) is 36.5 Å². The van der Waals surface area contributed by atoms with Gasteiger partial charge in [-0.05, 0) is 73.2 Å². The Morgan fingerprint density at radius 1 is 1.18 bits per heavy atom. The van der Waals surface area contributed by atoms with Crippen LogP contribution in [0.25, 0.3) is 16.8 Å². The summed E-state index contributed by atoms with van der Waals surface area (Å²) in [5.74, 6) is -2.65. The average Bonchev–Trinajstić information content (AvgIpc) is 4.12. The molecule has 4 N–H and O–H groups in total. The Morgan fingerprint density at radius 3 is 2.74 bits per heavy atom. The first-order chi connectivity index (χ1) is 27.4. The summed E-state index contributed by atoms with van der Waals surface area (Å²) in [7, 11) is -3.95. The molecule has 0 spiro atoms. The summed E-state index contributed by atoms with van der Waals surface area (Å²) in [4.78, 5) is 72.6. The zero-order valence-corrected chi connectivity index (χ0v) is 32.3. The Morgan fingerprint density at radius 2 is 1.98 bits per heavy atom. The molecule has 4 bridgehead atoms. The van der Waals surface area contributed by atoms with E-state index in [-0.39, 0.29) is 49.0 Å². The van der Waals surface area contributed by atoms with Crippen LogP contribution in [-0.2, 0) is 29.1 Å². The first-order valence-electron chi connectivity index (χ1n) is 18.5. The third-order valence-corrected chi connectivity index (χ3v) is 13.0. The number of sulfonamides is 1. The summed E-state index contributed by atoms with van der Waals surface area (Å²) in [6.07, 6.45) is 7.20. The van der Waals surface area contributed by atoms with Crippen molar-refractivity contribution in [2.75, 3.05) is 19.7 Å². The van der Waals surface area contributed by atoms with Crippen LogP contribution in [0.4, 0.5) is 10.5 Å². The number of aromatic nitrogens is 1. The number of nitrogens with one attached hydrogen (secondary N) is 4. The predicted molar refractivity (Wildman–Crippen MR) is 209 cm³/mol. The van der Waals surface area contributed by atoms with Crippen molar-refractivity contribution in [1.29, 1.82) is 0 Å². The highest BCUT2D eigenvalue weighted by atomic mass is 32.2. The van der Waals surface area contributed by atoms with Crippen molar-refractivity contribution in [3.8, 4) is 5.88 Å². The average molecular weight is 820 g/mol. The number of para-hydroxylation sites is 1. The van der Waals surface area contributed by atoms with Crippen molar-refractivity contribution in [2.45, 2.75) is 72.4 Å². The number of benzene rings is 2. The zero-order valence-electron chi connectivity index (χ0n) is 30.6. The van der Waals surface area contributed by atoms with Crippen molar-refractivity contribution in [3.05, 3.63) is 89.1 Å². The maximum atomic E-state index is 14.6. The Bertz CT molecular complexity index is 2250. The number of nitro benzene ring substituents is 1. The van der Waals surface area contributed by atoms with E-state index in [0.717, 1.165) is 22.9 Å². The number of nitrogens with zero attached hydrogens (tertiary/aromatic N) is 3. The minimum Gasteiger partial charge on any atom is -0.472 e. The van der Waals surface area contributed by atoms with Crippen molar-refractivity contribution in [2.24, 2.45) is 5.92 Å². The second-order valence-electron chi connectivity index (χ2n) is 14.3. The fraction of sp³-hybridized carbons (Fsp3) is 0.395. The molecule has 1 saturated heterocycles. The van der Waals surface area contributed by atoms with Crippen LogP contribution in [0.2, 0.25) is 0 Å². The summed E-state index contributed by atoms with van der Waals surface area (Å²) in [5, 5.41) is 17.8. The Labute approximate surface area is 332 Å². The summed E-state index contributed by atoms with van der Waals surface area (Å²) in [6, 6.07) is 11.0. The van der Waals surface area contributed by atoms with Gasteiger partial charge in [0.1, 0.15) is 28.6 Å². The number of ether oxygens (including phenoxy) is 2. The second-order valence-corrected chi connectivity index (χ2v) is 17.2. The van der Waals surface area contributed by atoms with Crippen LogP contribution in [-0.4, -0.2) is 95.7 Å². The summed E-state index contributed by atoms with van der Waals surface area (Å²) >= 11 is 0.887. The molecular formula is C38H41N7O10S2. The Hall–Kier alpha value is -5.53. The van der Waals surface area contributed by atoms with Gasteiger partial charge in [-0.25, -0.2) is 18.2 Å². The molecule has 3 heterocycles. The standard InChI is InChI=1S/C38H41N7O10S2/c1-2-25-20-38(25,36(48)43-57(52,53)27-13-14-27)42-33(46)31-19-26-22-44(31)35(47)29(21-40-56-32-10-6-5-9-30(32)45(50)51)41-37(49)54-17-7-3-4-8-23-11-12-24-15-16-39-34(55-26)28(24)18-23/h2,4-6,8-12,15-16,18,25-27,29,31,40H,1,3,7,13-14,17,19-22H2,(H,41,49)(H,42,46)(H,43,48)/b8-4+/t25-,26-,29+,31+,38-/m1/s1. The highest BCUT2D eigenvalue weighted by Gasteiger charge is 2.62. The lowest BCUT2D eigenvalue weighted by Crippen LogP contribution is -2.59. The highest BCUT2D eigenvalue weighted by Crippen LogP contribution is 2.45. The highest BCUT2D eigenvalue weighted by molar-refractivity contribution is 7.97. The van der Waals surface area contributed by atoms with Gasteiger partial charge >= 0.3 is 6.09 Å². The van der Waals surface area contributed by atoms with Crippen LogP contribution >= 0.6 is 11.9 Å². The lowest BCUT2D eigenvalue weighted by Gasteiger charge is -2.29. The number of alkyl carbamates (subject to hydrolysis) is 1. The first kappa shape index (κ1) is 39.7. The fourth-order valence-corrected chi connectivity index (χ4v) is 9.14. The molecule has 0 unspecified atom stereocenters. The number of fused-ring (bicyclic) bond motifs is 3. The van der Waals surface area contributed by atoms with Crippen LogP contribution in [0.5, 0.6) is 5.88 Å². The van der Waals surface area contributed by atoms with E-state index in [1.54, 1.807) is 12.3 Å². The van der Waals surface area contributed by atoms with Crippen LogP contribution in [0.3, 0.4) is 0 Å². The van der Waals surface area contributed by atoms with Crippen LogP contribution < -0.4 is 24.8 Å². The van der Waals surface area contributed by atoms with Gasteiger partial charge in [0.25, 0.3) is 11.6 Å². The van der Waals surface area contributed by atoms with Gasteiger partial charge in [-0.15, -0.1) is 6.58 Å². The van der Waals surface area contributed by atoms with Crippen LogP contribution in [0, 0.1) is 16.0 Å². The van der Waals surface area contributed by atoms with Gasteiger partial charge < -0.3 is 25.0 Å². The number of amides is 4. The van der Waals surface area contributed by atoms with E-state index in [1.807, 2.05) is 36.4 Å². The predicted octanol–water partition coefficient (Wildman–Crippen LogP) is 3.36. The minimum absolute atomic E-state index is 0.0387. The van der Waals surface area contributed by atoms with Gasteiger partial charge in [0.05, 0.1) is 23.3 Å². The van der Waals surface area contributed by atoms with Crippen LogP contribution in [0.1, 0.15) is 44.1 Å². The number of carbonyl (C=O) groups is 4. The molecule has 2 aromatic carbocycles. The number of allylic oxidation sites excluding steroid dienone is 1. The van der Waals surface area contributed by atoms with Crippen molar-refractivity contribution in [3.63, 3.8) is 0 Å². The lowest BCUT2D eigenvalue weighted by molar-refractivity contribution is -0.387. The van der Waals surface area contributed by atoms with E-state index in [2.05, 4.69) is 31.6 Å². The zero-order chi connectivity index (χ0) is 40.3. The molecule has 17 nitrogen and oxygen atoms in total. The molecule has 7 rings (SSSR count). The number of carbonyl (C=O) groups excluding carboxylic acids is 4. The number of rotatable bonds is 11. The van der Waals surface area contributed by atoms with Gasteiger partial charge in [0.15, 0.2) is 0 Å². The van der Waals surface area contributed by atoms with Crippen LogP contribution in [0.15, 0.2) is 78.4 Å². The van der Waals surface area contributed by atoms with Crippen molar-refractivity contribution < 1.29 is 42.0 Å². The SMILES string of the molecule is C=C[C@@H]1C[C@]1(NC(=O)[C@@H]1C[C@@H]2CN1C(=O)[C@H](CNSc1ccccc1[N+](=O)[O-])NC(=O)OCCC/C=C/c1ccc3ccnc(c3c1)O2)C(=O)NS(=O)(=O)C1CC1. The lowest BCUT2D eigenvalue weighted by atomic mass is 10.1. The first-order valence-corrected chi connectivity index (χ1v) is 20.8. The summed E-state index contributed by atoms with van der Waals surface area (Å²) in [6.45, 7) is 3.41. The topological polar surface area (TPSA) is 228 Å². The van der Waals surface area contributed by atoms with E-state index >= 15 is 0 Å². The largest absolute Gasteiger partial charge is 0.472 e. The van der Waals surface area contributed by atoms with Gasteiger partial charge in [0.2, 0.25) is 27.7 Å². The summed E-state index contributed by atoms with van der Waals surface area (Å²) < 4.78 is 42.4. The maximum Gasteiger partial charge on any atom is 0.407 e. The molecule has 300 valence electrons. The Kier molecular flexibility index (Phi) is 11.5. The minimum atomic E-state index is -3.95. The number of pyridine rings is 1. The molecule has 3 aromatic rings. The molecule has 4 amide bonds. The quantitative estimate of drug-likeness (QED) is 0.0943. The van der Waals surface area contributed by atoms with E-state index in [4.69, 9.17) is 9.47 Å². The number of hydrogen-bond donors (Lipinski definition) is 4. The summed E-state index contributed by atoms with van der Waals surface area (Å²) in [5.41, 5.74) is -0.909. The monoisotopic (exact) mass is 819 g/mol. The van der Waals surface area contributed by atoms with Gasteiger partial charge in [-0.1, -0.05) is 42.5 Å². The molecule has 2 aliphatic heterocycles. The van der Waals surface area contributed by atoms with Crippen molar-refractivity contribution >= 4 is 68.3 Å². The molecule has 19 heteroatoms.